The molecule has 0 aliphatic rings. The number of halogens is 1. The van der Waals surface area contributed by atoms with Gasteiger partial charge in [-0.25, -0.2) is 4.21 Å². The molecule has 0 bridgehead atoms. The zero-order chi connectivity index (χ0) is 13.6. The summed E-state index contributed by atoms with van der Waals surface area (Å²) in [6, 6.07) is 3.63. The van der Waals surface area contributed by atoms with E-state index in [1.807, 2.05) is 26.8 Å². The summed E-state index contributed by atoms with van der Waals surface area (Å²) in [7, 11) is -1.16. The summed E-state index contributed by atoms with van der Waals surface area (Å²) < 4.78 is 15.4. The monoisotopic (exact) mass is 286 g/mol. The number of unbranched alkanes of at least 4 members (excludes halogenated alkanes) is 1. The van der Waals surface area contributed by atoms with Gasteiger partial charge >= 0.3 is 0 Å². The van der Waals surface area contributed by atoms with Crippen LogP contribution < -0.4 is 0 Å². The van der Waals surface area contributed by atoms with Gasteiger partial charge in [-0.1, -0.05) is 11.6 Å². The Morgan fingerprint density at radius 1 is 1.50 bits per heavy atom. The molecule has 0 fully saturated rings. The molecule has 0 aliphatic carbocycles. The minimum absolute atomic E-state index is 0.287. The van der Waals surface area contributed by atoms with Crippen LogP contribution in [0.2, 0.25) is 5.02 Å². The maximum atomic E-state index is 11.6. The molecule has 0 amide bonds. The average Bonchev–Trinajstić information content (AvgIpc) is 2.27. The molecule has 0 spiro atoms. The van der Waals surface area contributed by atoms with Gasteiger partial charge in [0.25, 0.3) is 0 Å². The molecule has 100 valence electrons. The van der Waals surface area contributed by atoms with Crippen LogP contribution in [-0.2, 0) is 17.4 Å². The zero-order valence-corrected chi connectivity index (χ0v) is 12.6. The number of aryl methyl sites for hydroxylation is 1. The van der Waals surface area contributed by atoms with Crippen LogP contribution in [0.3, 0.4) is 0 Å². The Kier molecular flexibility index (Phi) is 5.96. The third-order valence-electron chi connectivity index (χ3n) is 2.24. The number of nitrogens with zero attached hydrogens (tertiary/aromatic N) is 2. The highest BCUT2D eigenvalue weighted by molar-refractivity contribution is 7.85. The number of hydrogen-bond donors (Lipinski definition) is 0. The van der Waals surface area contributed by atoms with Crippen molar-refractivity contribution in [2.75, 3.05) is 0 Å². The van der Waals surface area contributed by atoms with Gasteiger partial charge in [-0.05, 0) is 52.2 Å². The van der Waals surface area contributed by atoms with Crippen molar-refractivity contribution in [3.63, 3.8) is 0 Å². The highest BCUT2D eigenvalue weighted by Gasteiger charge is 2.17. The van der Waals surface area contributed by atoms with Crippen molar-refractivity contribution in [3.05, 3.63) is 29.0 Å². The third kappa shape index (κ3) is 5.74. The molecule has 5 heteroatoms. The Hall–Kier alpha value is -0.740. The van der Waals surface area contributed by atoms with Crippen LogP contribution in [0.1, 0.15) is 39.3 Å². The van der Waals surface area contributed by atoms with Gasteiger partial charge in [0.2, 0.25) is 0 Å². The van der Waals surface area contributed by atoms with Gasteiger partial charge in [0.1, 0.15) is 11.0 Å². The van der Waals surface area contributed by atoms with Crippen molar-refractivity contribution in [2.45, 2.75) is 44.8 Å². The van der Waals surface area contributed by atoms with E-state index < -0.39 is 11.0 Å². The van der Waals surface area contributed by atoms with Crippen molar-refractivity contribution in [3.8, 4) is 0 Å². The standard InChI is InChI=1S/C13H19ClN2OS/c1-13(2,3)18(17)16-8-5-4-6-12-10-11(14)7-9-15-12/h7-10H,4-6H2,1-3H3. The molecule has 0 aliphatic heterocycles. The highest BCUT2D eigenvalue weighted by Crippen LogP contribution is 2.12. The second-order valence-corrected chi connectivity index (χ2v) is 7.38. The molecular formula is C13H19ClN2OS. The van der Waals surface area contributed by atoms with Crippen LogP contribution >= 0.6 is 11.6 Å². The fourth-order valence-electron chi connectivity index (χ4n) is 1.24. The lowest BCUT2D eigenvalue weighted by Gasteiger charge is -2.12. The molecule has 1 rings (SSSR count). The zero-order valence-electron chi connectivity index (χ0n) is 11.0. The first kappa shape index (κ1) is 15.3. The first-order valence-corrected chi connectivity index (χ1v) is 7.43. The molecule has 3 nitrogen and oxygen atoms in total. The second-order valence-electron chi connectivity index (χ2n) is 5.01. The number of rotatable bonds is 5. The summed E-state index contributed by atoms with van der Waals surface area (Å²) in [4.78, 5) is 4.22. The third-order valence-corrected chi connectivity index (χ3v) is 3.86. The Morgan fingerprint density at radius 3 is 2.83 bits per heavy atom. The number of pyridine rings is 1. The van der Waals surface area contributed by atoms with Crippen molar-refractivity contribution in [1.82, 2.24) is 4.98 Å². The summed E-state index contributed by atoms with van der Waals surface area (Å²) in [6.07, 6.45) is 6.04. The normalized spacial score (nSPS) is 14.0. The lowest BCUT2D eigenvalue weighted by Crippen LogP contribution is -2.19. The summed E-state index contributed by atoms with van der Waals surface area (Å²) in [5, 5.41) is 0.711. The van der Waals surface area contributed by atoms with Gasteiger partial charge < -0.3 is 0 Å². The van der Waals surface area contributed by atoms with Crippen LogP contribution in [0.4, 0.5) is 0 Å². The lowest BCUT2D eigenvalue weighted by atomic mass is 10.2. The van der Waals surface area contributed by atoms with Gasteiger partial charge in [0.05, 0.1) is 4.75 Å². The van der Waals surface area contributed by atoms with Crippen LogP contribution in [-0.4, -0.2) is 20.2 Å². The fourth-order valence-corrected chi connectivity index (χ4v) is 1.98. The van der Waals surface area contributed by atoms with Gasteiger partial charge in [-0.15, -0.1) is 0 Å². The lowest BCUT2D eigenvalue weighted by molar-refractivity contribution is 0.650. The Morgan fingerprint density at radius 2 is 2.22 bits per heavy atom. The Bertz CT molecular complexity index is 441. The summed E-state index contributed by atoms with van der Waals surface area (Å²) >= 11 is 5.87. The predicted molar refractivity (Wildman–Crippen MR) is 78.6 cm³/mol. The predicted octanol–water partition coefficient (Wildman–Crippen LogP) is 3.59. The molecule has 1 atom stereocenters. The summed E-state index contributed by atoms with van der Waals surface area (Å²) in [5.74, 6) is 0. The fraction of sp³-hybridized carbons (Fsp3) is 0.538. The van der Waals surface area contributed by atoms with Crippen molar-refractivity contribution in [1.29, 1.82) is 0 Å². The van der Waals surface area contributed by atoms with E-state index in [1.165, 1.54) is 0 Å². The Labute approximate surface area is 116 Å². The van der Waals surface area contributed by atoms with E-state index in [4.69, 9.17) is 11.6 Å². The number of aromatic nitrogens is 1. The molecule has 0 saturated carbocycles. The van der Waals surface area contributed by atoms with E-state index in [1.54, 1.807) is 18.5 Å². The smallest absolute Gasteiger partial charge is 0.144 e. The van der Waals surface area contributed by atoms with Crippen LogP contribution in [0.25, 0.3) is 0 Å². The molecule has 1 unspecified atom stereocenters. The molecule has 1 aromatic rings. The van der Waals surface area contributed by atoms with E-state index in [9.17, 15) is 4.21 Å². The molecule has 1 heterocycles. The van der Waals surface area contributed by atoms with E-state index in [0.717, 1.165) is 25.0 Å². The minimum atomic E-state index is -1.16. The molecule has 0 aromatic carbocycles. The summed E-state index contributed by atoms with van der Waals surface area (Å²) in [6.45, 7) is 5.74. The maximum Gasteiger partial charge on any atom is 0.144 e. The Balaban J connectivity index is 2.31. The molecule has 0 saturated heterocycles. The molecule has 18 heavy (non-hydrogen) atoms. The second kappa shape index (κ2) is 7.00. The molecule has 0 radical (unpaired) electrons. The van der Waals surface area contributed by atoms with Crippen molar-refractivity contribution < 1.29 is 4.21 Å². The molecule has 1 aromatic heterocycles. The molecule has 0 N–H and O–H groups in total. The SMILES string of the molecule is CC(C)(C)S(=O)N=CCCCc1cc(Cl)ccn1. The van der Waals surface area contributed by atoms with Crippen LogP contribution in [0, 0.1) is 0 Å². The van der Waals surface area contributed by atoms with Crippen LogP contribution in [0.15, 0.2) is 22.7 Å². The van der Waals surface area contributed by atoms with Gasteiger partial charge in [0, 0.05) is 23.1 Å². The summed E-state index contributed by atoms with van der Waals surface area (Å²) in [5.41, 5.74) is 0.979. The van der Waals surface area contributed by atoms with Crippen LogP contribution in [0.5, 0.6) is 0 Å². The average molecular weight is 287 g/mol. The van der Waals surface area contributed by atoms with E-state index >= 15 is 0 Å². The van der Waals surface area contributed by atoms with Crippen molar-refractivity contribution >= 4 is 28.8 Å². The van der Waals surface area contributed by atoms with Gasteiger partial charge in [-0.3, -0.25) is 4.98 Å². The van der Waals surface area contributed by atoms with E-state index in [2.05, 4.69) is 9.38 Å². The maximum absolute atomic E-state index is 11.6. The minimum Gasteiger partial charge on any atom is -0.261 e. The quantitative estimate of drug-likeness (QED) is 0.613. The largest absolute Gasteiger partial charge is 0.261 e. The molecular weight excluding hydrogens is 268 g/mol. The van der Waals surface area contributed by atoms with Crippen molar-refractivity contribution in [2.24, 2.45) is 4.40 Å². The van der Waals surface area contributed by atoms with Gasteiger partial charge in [0.15, 0.2) is 0 Å². The van der Waals surface area contributed by atoms with E-state index in [0.29, 0.717) is 5.02 Å². The topological polar surface area (TPSA) is 42.3 Å². The van der Waals surface area contributed by atoms with Gasteiger partial charge in [-0.2, -0.15) is 4.40 Å². The first-order valence-electron chi connectivity index (χ1n) is 5.94. The number of hydrogen-bond acceptors (Lipinski definition) is 2. The highest BCUT2D eigenvalue weighted by atomic mass is 35.5. The first-order chi connectivity index (χ1) is 8.39. The van der Waals surface area contributed by atoms with E-state index in [-0.39, 0.29) is 4.75 Å².